The third-order valence-corrected chi connectivity index (χ3v) is 9.08. The fourth-order valence-electron chi connectivity index (χ4n) is 7.04. The van der Waals surface area contributed by atoms with Crippen LogP contribution in [0.2, 0.25) is 0 Å². The Labute approximate surface area is 223 Å². The van der Waals surface area contributed by atoms with E-state index < -0.39 is 0 Å². The summed E-state index contributed by atoms with van der Waals surface area (Å²) in [5.41, 5.74) is 7.40. The summed E-state index contributed by atoms with van der Waals surface area (Å²) in [6.45, 7) is 15.5. The fourth-order valence-corrected chi connectivity index (χ4v) is 7.04. The number of benzene rings is 1. The number of hydrogen-bond donors (Lipinski definition) is 2. The Hall–Kier alpha value is -2.53. The summed E-state index contributed by atoms with van der Waals surface area (Å²) in [6, 6.07) is 10.7. The molecule has 198 valence electrons. The molecule has 0 radical (unpaired) electrons. The second-order valence-electron chi connectivity index (χ2n) is 12.9. The molecule has 0 spiro atoms. The fraction of sp³-hybridized carbons (Fsp3) is 0.594. The quantitative estimate of drug-likeness (QED) is 0.379. The average Bonchev–Trinajstić information content (AvgIpc) is 3.79. The van der Waals surface area contributed by atoms with E-state index in [9.17, 15) is 4.79 Å². The predicted molar refractivity (Wildman–Crippen MR) is 151 cm³/mol. The Bertz CT molecular complexity index is 1140. The van der Waals surface area contributed by atoms with Crippen molar-refractivity contribution >= 4 is 11.6 Å². The number of hydrogen-bond acceptors (Lipinski definition) is 3. The molecule has 0 bridgehead atoms. The molecule has 1 saturated carbocycles. The lowest BCUT2D eigenvalue weighted by molar-refractivity contribution is 0.182. The molecule has 3 aliphatic carbocycles. The Kier molecular flexibility index (Phi) is 6.26. The topological polar surface area (TPSA) is 57.5 Å². The number of nitrogens with one attached hydrogen (secondary N) is 2. The van der Waals surface area contributed by atoms with E-state index in [1.807, 2.05) is 25.7 Å². The highest BCUT2D eigenvalue weighted by Crippen LogP contribution is 2.55. The highest BCUT2D eigenvalue weighted by molar-refractivity contribution is 5.79. The van der Waals surface area contributed by atoms with E-state index >= 15 is 0 Å². The van der Waals surface area contributed by atoms with Crippen LogP contribution in [0.4, 0.5) is 4.79 Å². The van der Waals surface area contributed by atoms with Crippen LogP contribution in [0, 0.1) is 17.8 Å². The summed E-state index contributed by atoms with van der Waals surface area (Å²) >= 11 is 0. The molecule has 2 fully saturated rings. The minimum Gasteiger partial charge on any atom is -0.367 e. The largest absolute Gasteiger partial charge is 0.367 e. The zero-order chi connectivity index (χ0) is 25.9. The maximum atomic E-state index is 12.7. The van der Waals surface area contributed by atoms with Crippen LogP contribution < -0.4 is 10.6 Å². The lowest BCUT2D eigenvalue weighted by Gasteiger charge is -2.45. The van der Waals surface area contributed by atoms with Crippen LogP contribution in [0.3, 0.4) is 0 Å². The Morgan fingerprint density at radius 1 is 1.14 bits per heavy atom. The molecule has 5 heteroatoms. The molecular weight excluding hydrogens is 456 g/mol. The van der Waals surface area contributed by atoms with Gasteiger partial charge in [-0.1, -0.05) is 43.0 Å². The molecule has 2 aliphatic heterocycles. The van der Waals surface area contributed by atoms with E-state index in [0.29, 0.717) is 30.0 Å². The van der Waals surface area contributed by atoms with Gasteiger partial charge in [0.15, 0.2) is 0 Å². The Morgan fingerprint density at radius 2 is 1.92 bits per heavy atom. The third kappa shape index (κ3) is 4.76. The van der Waals surface area contributed by atoms with Crippen molar-refractivity contribution < 1.29 is 4.79 Å². The van der Waals surface area contributed by atoms with Crippen molar-refractivity contribution in [3.63, 3.8) is 0 Å². The lowest BCUT2D eigenvalue weighted by atomic mass is 9.76. The van der Waals surface area contributed by atoms with Crippen LogP contribution in [0.5, 0.6) is 0 Å². The number of nitrogens with zero attached hydrogens (tertiary/aromatic N) is 2. The van der Waals surface area contributed by atoms with Crippen molar-refractivity contribution in [2.45, 2.75) is 83.5 Å². The van der Waals surface area contributed by atoms with Gasteiger partial charge in [0, 0.05) is 36.8 Å². The second kappa shape index (κ2) is 9.34. The zero-order valence-electron chi connectivity index (χ0n) is 23.1. The van der Waals surface area contributed by atoms with Crippen molar-refractivity contribution in [3.05, 3.63) is 65.4 Å². The minimum atomic E-state index is -0.214. The number of rotatable bonds is 6. The van der Waals surface area contributed by atoms with Gasteiger partial charge in [-0.25, -0.2) is 4.79 Å². The molecule has 0 aromatic heterocycles. The van der Waals surface area contributed by atoms with E-state index in [2.05, 4.69) is 58.9 Å². The summed E-state index contributed by atoms with van der Waals surface area (Å²) < 4.78 is 0. The van der Waals surface area contributed by atoms with Crippen LogP contribution in [0.25, 0.3) is 5.57 Å². The van der Waals surface area contributed by atoms with Gasteiger partial charge < -0.3 is 15.1 Å². The molecule has 1 aromatic rings. The number of carbonyl (C=O) groups excluding carboxylic acids is 1. The van der Waals surface area contributed by atoms with Crippen molar-refractivity contribution in [2.75, 3.05) is 19.6 Å². The van der Waals surface area contributed by atoms with Crippen molar-refractivity contribution in [2.24, 2.45) is 17.8 Å². The van der Waals surface area contributed by atoms with E-state index in [4.69, 9.17) is 6.58 Å². The number of fused-ring (bicyclic) bond motifs is 5. The van der Waals surface area contributed by atoms with Gasteiger partial charge in [0.2, 0.25) is 0 Å². The van der Waals surface area contributed by atoms with Gasteiger partial charge in [-0.2, -0.15) is 0 Å². The van der Waals surface area contributed by atoms with Crippen LogP contribution >= 0.6 is 0 Å². The minimum absolute atomic E-state index is 0.0423. The molecule has 5 atom stereocenters. The molecule has 5 aliphatic rings. The molecule has 1 saturated heterocycles. The average molecular weight is 501 g/mol. The van der Waals surface area contributed by atoms with Gasteiger partial charge >= 0.3 is 6.03 Å². The first-order chi connectivity index (χ1) is 17.7. The Balaban J connectivity index is 1.16. The van der Waals surface area contributed by atoms with Gasteiger partial charge in [0.25, 0.3) is 0 Å². The van der Waals surface area contributed by atoms with Gasteiger partial charge in [-0.05, 0) is 93.9 Å². The first kappa shape index (κ1) is 24.8. The number of allylic oxidation sites excluding steroid dienone is 1. The summed E-state index contributed by atoms with van der Waals surface area (Å²) in [6.07, 6.45) is 10.8. The van der Waals surface area contributed by atoms with Crippen LogP contribution in [-0.4, -0.2) is 53.1 Å². The second-order valence-corrected chi connectivity index (χ2v) is 12.9. The molecule has 1 aromatic carbocycles. The smallest absolute Gasteiger partial charge is 0.317 e. The molecular formula is C32H44N4O. The summed E-state index contributed by atoms with van der Waals surface area (Å²) in [5, 5.41) is 6.94. The van der Waals surface area contributed by atoms with E-state index in [1.165, 1.54) is 29.7 Å². The Morgan fingerprint density at radius 3 is 2.59 bits per heavy atom. The SMILES string of the molecule is C=C(C1C=CC(CN(CC)C(=O)NC(C)(C)C)CC1)N1CCC2=C(C3NC3c3ccccc32)C1C1CC1. The van der Waals surface area contributed by atoms with Gasteiger partial charge in [-0.3, -0.25) is 5.32 Å². The maximum Gasteiger partial charge on any atom is 0.317 e. The van der Waals surface area contributed by atoms with E-state index in [1.54, 1.807) is 11.1 Å². The highest BCUT2D eigenvalue weighted by Gasteiger charge is 2.53. The summed E-state index contributed by atoms with van der Waals surface area (Å²) in [5.74, 6) is 1.59. The van der Waals surface area contributed by atoms with Crippen LogP contribution in [0.15, 0.2) is 54.3 Å². The lowest BCUT2D eigenvalue weighted by Crippen LogP contribution is -2.49. The predicted octanol–water partition coefficient (Wildman–Crippen LogP) is 5.88. The first-order valence-corrected chi connectivity index (χ1v) is 14.5. The van der Waals surface area contributed by atoms with Gasteiger partial charge in [0.1, 0.15) is 0 Å². The van der Waals surface area contributed by atoms with Crippen LogP contribution in [0.1, 0.15) is 77.0 Å². The van der Waals surface area contributed by atoms with Crippen molar-refractivity contribution in [3.8, 4) is 0 Å². The molecule has 2 N–H and O–H groups in total. The molecule has 6 rings (SSSR count). The van der Waals surface area contributed by atoms with Gasteiger partial charge in [0.05, 0.1) is 18.1 Å². The first-order valence-electron chi connectivity index (χ1n) is 14.5. The zero-order valence-corrected chi connectivity index (χ0v) is 23.1. The van der Waals surface area contributed by atoms with Crippen LogP contribution in [-0.2, 0) is 0 Å². The molecule has 2 heterocycles. The summed E-state index contributed by atoms with van der Waals surface area (Å²) in [4.78, 5) is 17.4. The normalized spacial score (nSPS) is 30.3. The molecule has 5 nitrogen and oxygen atoms in total. The molecule has 5 unspecified atom stereocenters. The van der Waals surface area contributed by atoms with Crippen molar-refractivity contribution in [1.29, 1.82) is 0 Å². The highest BCUT2D eigenvalue weighted by atomic mass is 16.2. The van der Waals surface area contributed by atoms with Gasteiger partial charge in [-0.15, -0.1) is 0 Å². The molecule has 2 amide bonds. The van der Waals surface area contributed by atoms with Crippen molar-refractivity contribution in [1.82, 2.24) is 20.4 Å². The standard InChI is InChI=1S/C32H44N4O/c1-6-35(31(37)34-32(3,4)5)19-21-11-13-22(14-12-21)20(2)36-18-17-25-24-9-7-8-10-26(24)28-29(33-28)27(25)30(36)23-15-16-23/h7-11,13,21-23,28-30,33H,2,6,12,14-19H2,1,3-5H3,(H,34,37). The maximum absolute atomic E-state index is 12.7. The van der Waals surface area contributed by atoms with E-state index in [0.717, 1.165) is 44.8 Å². The monoisotopic (exact) mass is 500 g/mol. The molecule has 37 heavy (non-hydrogen) atoms. The number of carbonyl (C=O) groups is 1. The van der Waals surface area contributed by atoms with E-state index in [-0.39, 0.29) is 11.6 Å². The third-order valence-electron chi connectivity index (χ3n) is 9.08. The number of urea groups is 1. The summed E-state index contributed by atoms with van der Waals surface area (Å²) in [7, 11) is 0. The number of amides is 2.